The molecule has 100 valence electrons. The van der Waals surface area contributed by atoms with E-state index in [1.807, 2.05) is 6.92 Å². The average Bonchev–Trinajstić information content (AvgIpc) is 2.70. The maximum Gasteiger partial charge on any atom is 0.126 e. The number of halogens is 2. The Kier molecular flexibility index (Phi) is 4.30. The first kappa shape index (κ1) is 13.4. The number of hydrogen-bond acceptors (Lipinski definition) is 2. The van der Waals surface area contributed by atoms with E-state index in [4.69, 9.17) is 0 Å². The van der Waals surface area contributed by atoms with Gasteiger partial charge in [-0.3, -0.25) is 0 Å². The van der Waals surface area contributed by atoms with Crippen LogP contribution in [0, 0.1) is 17.6 Å². The van der Waals surface area contributed by atoms with Crippen molar-refractivity contribution < 1.29 is 8.78 Å². The van der Waals surface area contributed by atoms with Gasteiger partial charge in [0.05, 0.1) is 0 Å². The molecule has 1 fully saturated rings. The fraction of sp³-hybridized carbons (Fsp3) is 0.571. The lowest BCUT2D eigenvalue weighted by Gasteiger charge is -2.18. The third kappa shape index (κ3) is 3.50. The van der Waals surface area contributed by atoms with Crippen molar-refractivity contribution in [1.82, 2.24) is 10.2 Å². The Bertz CT molecular complexity index is 389. The van der Waals surface area contributed by atoms with Crippen molar-refractivity contribution in [2.45, 2.75) is 19.4 Å². The zero-order valence-corrected chi connectivity index (χ0v) is 10.9. The highest BCUT2D eigenvalue weighted by Crippen LogP contribution is 2.18. The van der Waals surface area contributed by atoms with Gasteiger partial charge in [0.25, 0.3) is 0 Å². The van der Waals surface area contributed by atoms with Gasteiger partial charge in [-0.15, -0.1) is 0 Å². The lowest BCUT2D eigenvalue weighted by atomic mass is 10.1. The van der Waals surface area contributed by atoms with E-state index in [2.05, 4.69) is 17.3 Å². The Labute approximate surface area is 107 Å². The molecule has 1 heterocycles. The molecule has 1 N–H and O–H groups in total. The summed E-state index contributed by atoms with van der Waals surface area (Å²) in [7, 11) is 2.12. The van der Waals surface area contributed by atoms with Crippen molar-refractivity contribution in [3.05, 3.63) is 35.4 Å². The van der Waals surface area contributed by atoms with Crippen LogP contribution in [-0.2, 0) is 0 Å². The number of nitrogens with zero attached hydrogens (tertiary/aromatic N) is 1. The van der Waals surface area contributed by atoms with Crippen molar-refractivity contribution in [2.75, 3.05) is 26.7 Å². The van der Waals surface area contributed by atoms with Crippen LogP contribution in [0.3, 0.4) is 0 Å². The van der Waals surface area contributed by atoms with Crippen molar-refractivity contribution >= 4 is 0 Å². The maximum atomic E-state index is 13.1. The zero-order chi connectivity index (χ0) is 13.1. The summed E-state index contributed by atoms with van der Waals surface area (Å²) >= 11 is 0. The number of hydrogen-bond donors (Lipinski definition) is 1. The van der Waals surface area contributed by atoms with Crippen molar-refractivity contribution in [2.24, 2.45) is 5.92 Å². The lowest BCUT2D eigenvalue weighted by molar-refractivity contribution is 0.381. The molecule has 2 unspecified atom stereocenters. The van der Waals surface area contributed by atoms with Crippen LogP contribution in [0.5, 0.6) is 0 Å². The van der Waals surface area contributed by atoms with E-state index in [0.717, 1.165) is 25.7 Å². The van der Waals surface area contributed by atoms with Gasteiger partial charge in [0.1, 0.15) is 11.6 Å². The fourth-order valence-corrected chi connectivity index (χ4v) is 2.48. The molecule has 18 heavy (non-hydrogen) atoms. The first-order chi connectivity index (χ1) is 8.54. The molecule has 2 atom stereocenters. The van der Waals surface area contributed by atoms with Gasteiger partial charge in [-0.1, -0.05) is 0 Å². The minimum Gasteiger partial charge on any atom is -0.310 e. The Morgan fingerprint density at radius 3 is 2.56 bits per heavy atom. The van der Waals surface area contributed by atoms with Gasteiger partial charge < -0.3 is 10.2 Å². The minimum absolute atomic E-state index is 0.0268. The molecule has 1 aromatic carbocycles. The maximum absolute atomic E-state index is 13.1. The molecular formula is C14H20F2N2. The predicted octanol–water partition coefficient (Wildman–Crippen LogP) is 2.57. The van der Waals surface area contributed by atoms with E-state index in [-0.39, 0.29) is 6.04 Å². The molecule has 1 aliphatic rings. The van der Waals surface area contributed by atoms with Crippen LogP contribution in [0.4, 0.5) is 8.78 Å². The molecule has 1 aliphatic heterocycles. The Balaban J connectivity index is 1.89. The normalized spacial score (nSPS) is 22.3. The molecule has 2 rings (SSSR count). The summed E-state index contributed by atoms with van der Waals surface area (Å²) in [4.78, 5) is 2.30. The smallest absolute Gasteiger partial charge is 0.126 e. The van der Waals surface area contributed by atoms with E-state index < -0.39 is 11.6 Å². The Morgan fingerprint density at radius 1 is 1.33 bits per heavy atom. The Morgan fingerprint density at radius 2 is 2.00 bits per heavy atom. The van der Waals surface area contributed by atoms with Gasteiger partial charge in [0.2, 0.25) is 0 Å². The van der Waals surface area contributed by atoms with Crippen molar-refractivity contribution in [3.8, 4) is 0 Å². The largest absolute Gasteiger partial charge is 0.310 e. The second-order valence-electron chi connectivity index (χ2n) is 5.25. The summed E-state index contributed by atoms with van der Waals surface area (Å²) in [6.07, 6.45) is 1.19. The van der Waals surface area contributed by atoms with Crippen LogP contribution < -0.4 is 5.32 Å². The highest BCUT2D eigenvalue weighted by Gasteiger charge is 2.20. The molecule has 0 bridgehead atoms. The number of nitrogens with one attached hydrogen (secondary N) is 1. The quantitative estimate of drug-likeness (QED) is 0.888. The first-order valence-electron chi connectivity index (χ1n) is 6.42. The van der Waals surface area contributed by atoms with E-state index in [1.165, 1.54) is 18.6 Å². The van der Waals surface area contributed by atoms with E-state index >= 15 is 0 Å². The molecule has 1 saturated heterocycles. The molecule has 0 aliphatic carbocycles. The van der Waals surface area contributed by atoms with E-state index in [1.54, 1.807) is 0 Å². The topological polar surface area (TPSA) is 15.3 Å². The molecule has 4 heteroatoms. The fourth-order valence-electron chi connectivity index (χ4n) is 2.48. The van der Waals surface area contributed by atoms with Gasteiger partial charge in [-0.05, 0) is 57.1 Å². The highest BCUT2D eigenvalue weighted by atomic mass is 19.1. The van der Waals surface area contributed by atoms with Crippen LogP contribution in [0.25, 0.3) is 0 Å². The van der Waals surface area contributed by atoms with Crippen LogP contribution >= 0.6 is 0 Å². The third-order valence-electron chi connectivity index (χ3n) is 3.59. The standard InChI is InChI=1S/C14H20F2N2/c1-10(12-5-13(15)7-14(16)6-12)17-8-11-3-4-18(2)9-11/h5-7,10-11,17H,3-4,8-9H2,1-2H3. The third-order valence-corrected chi connectivity index (χ3v) is 3.59. The van der Waals surface area contributed by atoms with Gasteiger partial charge >= 0.3 is 0 Å². The molecule has 2 nitrogen and oxygen atoms in total. The number of rotatable bonds is 4. The van der Waals surface area contributed by atoms with Gasteiger partial charge in [0, 0.05) is 18.7 Å². The lowest BCUT2D eigenvalue weighted by Crippen LogP contribution is -2.27. The molecule has 0 saturated carbocycles. The summed E-state index contributed by atoms with van der Waals surface area (Å²) in [6, 6.07) is 3.66. The summed E-state index contributed by atoms with van der Waals surface area (Å²) in [5, 5.41) is 3.36. The summed E-state index contributed by atoms with van der Waals surface area (Å²) < 4.78 is 26.2. The summed E-state index contributed by atoms with van der Waals surface area (Å²) in [5.74, 6) is -0.394. The predicted molar refractivity (Wildman–Crippen MR) is 68.4 cm³/mol. The highest BCUT2D eigenvalue weighted by molar-refractivity contribution is 5.20. The molecular weight excluding hydrogens is 234 g/mol. The van der Waals surface area contributed by atoms with Crippen LogP contribution in [-0.4, -0.2) is 31.6 Å². The molecule has 0 aromatic heterocycles. The van der Waals surface area contributed by atoms with Gasteiger partial charge in [-0.25, -0.2) is 8.78 Å². The summed E-state index contributed by atoms with van der Waals surface area (Å²) in [5.41, 5.74) is 0.666. The average molecular weight is 254 g/mol. The van der Waals surface area contributed by atoms with E-state index in [9.17, 15) is 8.78 Å². The van der Waals surface area contributed by atoms with Crippen molar-refractivity contribution in [1.29, 1.82) is 0 Å². The second-order valence-corrected chi connectivity index (χ2v) is 5.25. The molecule has 1 aromatic rings. The summed E-state index contributed by atoms with van der Waals surface area (Å²) in [6.45, 7) is 5.06. The number of likely N-dealkylation sites (tertiary alicyclic amines) is 1. The van der Waals surface area contributed by atoms with Crippen LogP contribution in [0.1, 0.15) is 24.9 Å². The van der Waals surface area contributed by atoms with Gasteiger partial charge in [0.15, 0.2) is 0 Å². The molecule has 0 spiro atoms. The van der Waals surface area contributed by atoms with Crippen molar-refractivity contribution in [3.63, 3.8) is 0 Å². The minimum atomic E-state index is -0.515. The first-order valence-corrected chi connectivity index (χ1v) is 6.42. The van der Waals surface area contributed by atoms with Gasteiger partial charge in [-0.2, -0.15) is 0 Å². The Hall–Kier alpha value is -1.00. The second kappa shape index (κ2) is 5.76. The van der Waals surface area contributed by atoms with Crippen LogP contribution in [0.2, 0.25) is 0 Å². The monoisotopic (exact) mass is 254 g/mol. The zero-order valence-electron chi connectivity index (χ0n) is 10.9. The molecule has 0 amide bonds. The van der Waals surface area contributed by atoms with E-state index in [0.29, 0.717) is 11.5 Å². The SMILES string of the molecule is CC(NCC1CCN(C)C1)c1cc(F)cc(F)c1. The van der Waals surface area contributed by atoms with Crippen LogP contribution in [0.15, 0.2) is 18.2 Å². The molecule has 0 radical (unpaired) electrons. The number of benzene rings is 1.